The van der Waals surface area contributed by atoms with Crippen LogP contribution in [0.4, 0.5) is 5.69 Å². The number of halogens is 1. The fourth-order valence-electron chi connectivity index (χ4n) is 3.81. The second kappa shape index (κ2) is 7.05. The number of likely N-dealkylation sites (tertiary alicyclic amines) is 1. The van der Waals surface area contributed by atoms with Crippen molar-refractivity contribution in [2.24, 2.45) is 0 Å². The number of carbonyl (C=O) groups is 1. The fraction of sp³-hybridized carbons (Fsp3) is 0.350. The summed E-state index contributed by atoms with van der Waals surface area (Å²) in [6.45, 7) is 2.51. The van der Waals surface area contributed by atoms with Crippen molar-refractivity contribution in [1.82, 2.24) is 10.2 Å². The molecule has 1 amide bonds. The van der Waals surface area contributed by atoms with Crippen molar-refractivity contribution in [2.45, 2.75) is 25.0 Å². The van der Waals surface area contributed by atoms with Crippen molar-refractivity contribution in [3.63, 3.8) is 0 Å². The number of carbonyl (C=O) groups excluding carboxylic acids is 1. The normalized spacial score (nSPS) is 18.5. The molecule has 0 aromatic heterocycles. The van der Waals surface area contributed by atoms with E-state index in [0.717, 1.165) is 48.2 Å². The summed E-state index contributed by atoms with van der Waals surface area (Å²) >= 11 is 3.42. The summed E-state index contributed by atoms with van der Waals surface area (Å²) in [7, 11) is 1.55. The molecule has 0 radical (unpaired) electrons. The standard InChI is InChI=1S/C20H22BrN3O3/c1-27-18-10-13(2-5-17(18)25)12-24-8-6-20(7-9-24)22-16-4-3-14(21)11-15(16)19(26)23-20/h2-5,10-11,22,25H,6-9,12H2,1H3,(H,23,26). The lowest BCUT2D eigenvalue weighted by Gasteiger charge is -2.46. The summed E-state index contributed by atoms with van der Waals surface area (Å²) in [5.41, 5.74) is 2.27. The molecule has 0 bridgehead atoms. The van der Waals surface area contributed by atoms with Gasteiger partial charge >= 0.3 is 0 Å². The van der Waals surface area contributed by atoms with Crippen molar-refractivity contribution < 1.29 is 14.6 Å². The Morgan fingerprint density at radius 3 is 2.70 bits per heavy atom. The van der Waals surface area contributed by atoms with Crippen LogP contribution in [0.5, 0.6) is 11.5 Å². The third-order valence-corrected chi connectivity index (χ3v) is 5.81. The first-order valence-corrected chi connectivity index (χ1v) is 9.76. The molecule has 1 fully saturated rings. The lowest BCUT2D eigenvalue weighted by Crippen LogP contribution is -2.62. The summed E-state index contributed by atoms with van der Waals surface area (Å²) in [6, 6.07) is 11.2. The van der Waals surface area contributed by atoms with Crippen LogP contribution in [0, 0.1) is 0 Å². The van der Waals surface area contributed by atoms with Gasteiger partial charge in [0.25, 0.3) is 5.91 Å². The van der Waals surface area contributed by atoms with E-state index in [1.165, 1.54) is 0 Å². The number of nitrogens with zero attached hydrogens (tertiary/aromatic N) is 1. The van der Waals surface area contributed by atoms with E-state index in [1.54, 1.807) is 13.2 Å². The number of benzene rings is 2. The van der Waals surface area contributed by atoms with Gasteiger partial charge in [-0.3, -0.25) is 9.69 Å². The van der Waals surface area contributed by atoms with Gasteiger partial charge in [0.15, 0.2) is 11.5 Å². The van der Waals surface area contributed by atoms with E-state index in [0.29, 0.717) is 11.3 Å². The van der Waals surface area contributed by atoms with Crippen LogP contribution in [0.1, 0.15) is 28.8 Å². The van der Waals surface area contributed by atoms with Gasteiger partial charge in [0.05, 0.1) is 12.7 Å². The Morgan fingerprint density at radius 1 is 1.19 bits per heavy atom. The predicted octanol–water partition coefficient (Wildman–Crippen LogP) is 3.31. The number of phenols is 1. The van der Waals surface area contributed by atoms with Crippen molar-refractivity contribution in [3.05, 3.63) is 52.0 Å². The molecule has 0 atom stereocenters. The number of phenolic OH excluding ortho intramolecular Hbond substituents is 1. The molecule has 3 N–H and O–H groups in total. The molecule has 142 valence electrons. The molecule has 27 heavy (non-hydrogen) atoms. The molecule has 0 unspecified atom stereocenters. The first-order chi connectivity index (χ1) is 13.0. The molecular weight excluding hydrogens is 410 g/mol. The second-order valence-electron chi connectivity index (χ2n) is 7.13. The Labute approximate surface area is 166 Å². The number of piperidine rings is 1. The summed E-state index contributed by atoms with van der Waals surface area (Å²) in [5.74, 6) is 0.616. The summed E-state index contributed by atoms with van der Waals surface area (Å²) in [4.78, 5) is 14.9. The molecule has 1 saturated heterocycles. The van der Waals surface area contributed by atoms with Crippen LogP contribution in [-0.4, -0.2) is 41.8 Å². The van der Waals surface area contributed by atoms with Crippen molar-refractivity contribution in [2.75, 3.05) is 25.5 Å². The topological polar surface area (TPSA) is 73.8 Å². The minimum atomic E-state index is -0.388. The van der Waals surface area contributed by atoms with Gasteiger partial charge in [-0.2, -0.15) is 0 Å². The number of rotatable bonds is 3. The van der Waals surface area contributed by atoms with Crippen molar-refractivity contribution in [1.29, 1.82) is 0 Å². The number of ether oxygens (including phenoxy) is 1. The zero-order chi connectivity index (χ0) is 19.0. The molecule has 2 heterocycles. The molecule has 2 aromatic carbocycles. The Bertz CT molecular complexity index is 879. The lowest BCUT2D eigenvalue weighted by molar-refractivity contribution is 0.0822. The number of aromatic hydroxyl groups is 1. The molecule has 4 rings (SSSR count). The van der Waals surface area contributed by atoms with Gasteiger partial charge in [-0.1, -0.05) is 22.0 Å². The lowest BCUT2D eigenvalue weighted by atomic mass is 9.92. The quantitative estimate of drug-likeness (QED) is 0.694. The van der Waals surface area contributed by atoms with E-state index in [4.69, 9.17) is 4.74 Å². The van der Waals surface area contributed by atoms with Gasteiger partial charge < -0.3 is 20.5 Å². The first kappa shape index (κ1) is 18.1. The van der Waals surface area contributed by atoms with Gasteiger partial charge in [0, 0.05) is 42.6 Å². The average Bonchev–Trinajstić information content (AvgIpc) is 2.66. The van der Waals surface area contributed by atoms with Gasteiger partial charge in [-0.25, -0.2) is 0 Å². The third kappa shape index (κ3) is 3.61. The molecule has 6 nitrogen and oxygen atoms in total. The SMILES string of the molecule is COc1cc(CN2CCC3(CC2)NC(=O)c2cc(Br)ccc2N3)ccc1O. The number of hydrogen-bond donors (Lipinski definition) is 3. The van der Waals surface area contributed by atoms with Gasteiger partial charge in [0.1, 0.15) is 5.66 Å². The predicted molar refractivity (Wildman–Crippen MR) is 107 cm³/mol. The number of hydrogen-bond acceptors (Lipinski definition) is 5. The van der Waals surface area contributed by atoms with E-state index in [9.17, 15) is 9.90 Å². The van der Waals surface area contributed by atoms with Gasteiger partial charge in [-0.15, -0.1) is 0 Å². The van der Waals surface area contributed by atoms with Crippen molar-refractivity contribution >= 4 is 27.5 Å². The van der Waals surface area contributed by atoms with Crippen LogP contribution >= 0.6 is 15.9 Å². The number of fused-ring (bicyclic) bond motifs is 1. The Balaban J connectivity index is 1.43. The number of amides is 1. The molecule has 2 aliphatic heterocycles. The maximum absolute atomic E-state index is 12.6. The molecular formula is C20H22BrN3O3. The highest BCUT2D eigenvalue weighted by molar-refractivity contribution is 9.10. The highest BCUT2D eigenvalue weighted by Gasteiger charge is 2.40. The molecule has 0 saturated carbocycles. The summed E-state index contributed by atoms with van der Waals surface area (Å²) < 4.78 is 6.09. The van der Waals surface area contributed by atoms with Gasteiger partial charge in [-0.05, 0) is 35.9 Å². The van der Waals surface area contributed by atoms with Crippen LogP contribution in [0.2, 0.25) is 0 Å². The molecule has 1 spiro atoms. The largest absolute Gasteiger partial charge is 0.504 e. The Morgan fingerprint density at radius 2 is 1.96 bits per heavy atom. The smallest absolute Gasteiger partial charge is 0.255 e. The van der Waals surface area contributed by atoms with Crippen LogP contribution in [0.3, 0.4) is 0 Å². The Hall–Kier alpha value is -2.25. The summed E-state index contributed by atoms with van der Waals surface area (Å²) in [5, 5.41) is 16.5. The Kier molecular flexibility index (Phi) is 4.74. The maximum Gasteiger partial charge on any atom is 0.255 e. The van der Waals surface area contributed by atoms with Crippen molar-refractivity contribution in [3.8, 4) is 11.5 Å². The first-order valence-electron chi connectivity index (χ1n) is 8.96. The zero-order valence-electron chi connectivity index (χ0n) is 15.1. The monoisotopic (exact) mass is 431 g/mol. The van der Waals surface area contributed by atoms with E-state index in [-0.39, 0.29) is 17.3 Å². The summed E-state index contributed by atoms with van der Waals surface area (Å²) in [6.07, 6.45) is 1.65. The zero-order valence-corrected chi connectivity index (χ0v) is 16.7. The third-order valence-electron chi connectivity index (χ3n) is 5.31. The van der Waals surface area contributed by atoms with Crippen LogP contribution in [-0.2, 0) is 6.54 Å². The van der Waals surface area contributed by atoms with Gasteiger partial charge in [0.2, 0.25) is 0 Å². The van der Waals surface area contributed by atoms with E-state index >= 15 is 0 Å². The average molecular weight is 432 g/mol. The van der Waals surface area contributed by atoms with Crippen LogP contribution in [0.15, 0.2) is 40.9 Å². The highest BCUT2D eigenvalue weighted by atomic mass is 79.9. The second-order valence-corrected chi connectivity index (χ2v) is 8.05. The molecule has 7 heteroatoms. The van der Waals surface area contributed by atoms with Crippen LogP contribution < -0.4 is 15.4 Å². The minimum Gasteiger partial charge on any atom is -0.504 e. The van der Waals surface area contributed by atoms with Crippen LogP contribution in [0.25, 0.3) is 0 Å². The molecule has 2 aliphatic rings. The molecule has 0 aliphatic carbocycles. The van der Waals surface area contributed by atoms with E-state index < -0.39 is 0 Å². The fourth-order valence-corrected chi connectivity index (χ4v) is 4.17. The van der Waals surface area contributed by atoms with E-state index in [1.807, 2.05) is 30.3 Å². The minimum absolute atomic E-state index is 0.0261. The highest BCUT2D eigenvalue weighted by Crippen LogP contribution is 2.33. The number of nitrogens with one attached hydrogen (secondary N) is 2. The maximum atomic E-state index is 12.6. The molecule has 2 aromatic rings. The number of anilines is 1. The van der Waals surface area contributed by atoms with E-state index in [2.05, 4.69) is 31.5 Å². The number of methoxy groups -OCH3 is 1.